The van der Waals surface area contributed by atoms with Crippen molar-refractivity contribution in [3.05, 3.63) is 0 Å². The number of hydrogen-bond donors (Lipinski definition) is 1. The number of amides is 1. The summed E-state index contributed by atoms with van der Waals surface area (Å²) < 4.78 is 69.0. The molecule has 6 atom stereocenters. The summed E-state index contributed by atoms with van der Waals surface area (Å²) in [6.07, 6.45) is -5.29. The molecule has 29 heavy (non-hydrogen) atoms. The van der Waals surface area contributed by atoms with Crippen LogP contribution in [-0.4, -0.2) is 60.4 Å². The van der Waals surface area contributed by atoms with Gasteiger partial charge in [0.15, 0.2) is 17.9 Å². The summed E-state index contributed by atoms with van der Waals surface area (Å²) >= 11 is 0. The van der Waals surface area contributed by atoms with Crippen molar-refractivity contribution in [3.63, 3.8) is 0 Å². The van der Waals surface area contributed by atoms with Crippen molar-refractivity contribution >= 4 is 5.91 Å². The van der Waals surface area contributed by atoms with Gasteiger partial charge in [0.05, 0.1) is 6.04 Å². The highest BCUT2D eigenvalue weighted by molar-refractivity contribution is 5.82. The zero-order valence-electron chi connectivity index (χ0n) is 17.0. The highest BCUT2D eigenvalue weighted by atomic mass is 19.4. The normalized spacial score (nSPS) is 39.8. The summed E-state index contributed by atoms with van der Waals surface area (Å²) in [5.41, 5.74) is 0. The molecule has 10 heteroatoms. The molecule has 1 N–H and O–H groups in total. The fourth-order valence-electron chi connectivity index (χ4n) is 4.95. The number of rotatable bonds is 3. The van der Waals surface area contributed by atoms with Gasteiger partial charge in [0.25, 0.3) is 0 Å². The maximum Gasteiger partial charge on any atom is 0.471 e. The summed E-state index contributed by atoms with van der Waals surface area (Å²) in [4.78, 5) is 11.8. The lowest BCUT2D eigenvalue weighted by Gasteiger charge is -2.42. The van der Waals surface area contributed by atoms with E-state index in [-0.39, 0.29) is 5.92 Å². The van der Waals surface area contributed by atoms with Crippen LogP contribution in [0.2, 0.25) is 0 Å². The quantitative estimate of drug-likeness (QED) is 0.752. The van der Waals surface area contributed by atoms with Crippen LogP contribution in [0.1, 0.15) is 53.4 Å². The van der Waals surface area contributed by atoms with Crippen molar-refractivity contribution in [3.8, 4) is 0 Å². The van der Waals surface area contributed by atoms with E-state index in [1.807, 2.05) is 0 Å². The van der Waals surface area contributed by atoms with Gasteiger partial charge in [-0.1, -0.05) is 12.8 Å². The Hall–Kier alpha value is -0.940. The van der Waals surface area contributed by atoms with Gasteiger partial charge in [-0.15, -0.1) is 0 Å². The second kappa shape index (κ2) is 7.05. The summed E-state index contributed by atoms with van der Waals surface area (Å²) in [6, 6.07) is -0.870. The van der Waals surface area contributed by atoms with Crippen molar-refractivity contribution in [1.82, 2.24) is 5.32 Å². The zero-order chi connectivity index (χ0) is 21.2. The summed E-state index contributed by atoms with van der Waals surface area (Å²) in [6.45, 7) is 6.94. The number of carbonyl (C=O) groups excluding carboxylic acids is 1. The predicted octanol–water partition coefficient (Wildman–Crippen LogP) is 2.62. The molecule has 1 saturated carbocycles. The first kappa shape index (κ1) is 21.3. The Morgan fingerprint density at radius 1 is 0.931 bits per heavy atom. The first-order valence-electron chi connectivity index (χ1n) is 10.1. The standard InChI is InChI=1S/C19H28F3NO6/c1-17(2)26-12-11(25-15-14(13(12)27-17)28-18(3,4)29-15)10(9-7-5-6-8-9)23-16(24)19(20,21)22/h9-15H,5-8H2,1-4H3,(H,23,24)/t10-,11-,12+,13+,14-,15-/m1/s1. The van der Waals surface area contributed by atoms with E-state index >= 15 is 0 Å². The van der Waals surface area contributed by atoms with E-state index in [0.29, 0.717) is 12.8 Å². The molecular formula is C19H28F3NO6. The van der Waals surface area contributed by atoms with Crippen LogP contribution in [0.4, 0.5) is 13.2 Å². The fraction of sp³-hybridized carbons (Fsp3) is 0.947. The molecule has 4 aliphatic rings. The molecule has 0 aromatic carbocycles. The largest absolute Gasteiger partial charge is 0.471 e. The third kappa shape index (κ3) is 4.14. The second-order valence-electron chi connectivity index (χ2n) is 9.18. The number of fused-ring (bicyclic) bond motifs is 3. The SMILES string of the molecule is CC1(C)O[C@@H]2[C@H](O1)[C@H]1OC(C)(C)O[C@H]1O[C@@H]2[C@H](NC(=O)C(F)(F)F)C1CCCC1. The third-order valence-corrected chi connectivity index (χ3v) is 6.01. The first-order chi connectivity index (χ1) is 13.4. The Bertz CT molecular complexity index is 648. The van der Waals surface area contributed by atoms with Crippen LogP contribution in [0.15, 0.2) is 0 Å². The Morgan fingerprint density at radius 3 is 2.10 bits per heavy atom. The summed E-state index contributed by atoms with van der Waals surface area (Å²) in [7, 11) is 0. The summed E-state index contributed by atoms with van der Waals surface area (Å²) in [5.74, 6) is -4.01. The predicted molar refractivity (Wildman–Crippen MR) is 92.5 cm³/mol. The minimum absolute atomic E-state index is 0.147. The van der Waals surface area contributed by atoms with E-state index in [9.17, 15) is 18.0 Å². The monoisotopic (exact) mass is 423 g/mol. The average molecular weight is 423 g/mol. The van der Waals surface area contributed by atoms with Crippen LogP contribution < -0.4 is 5.32 Å². The van der Waals surface area contributed by atoms with Crippen molar-refractivity contribution in [1.29, 1.82) is 0 Å². The molecule has 0 radical (unpaired) electrons. The molecule has 3 saturated heterocycles. The van der Waals surface area contributed by atoms with E-state index in [1.54, 1.807) is 27.7 Å². The molecule has 1 aliphatic carbocycles. The van der Waals surface area contributed by atoms with Crippen molar-refractivity contribution < 1.29 is 41.7 Å². The van der Waals surface area contributed by atoms with E-state index in [0.717, 1.165) is 12.8 Å². The summed E-state index contributed by atoms with van der Waals surface area (Å²) in [5, 5.41) is 2.19. The molecule has 3 heterocycles. The maximum atomic E-state index is 13.0. The molecule has 0 aromatic rings. The molecule has 3 aliphatic heterocycles. The zero-order valence-corrected chi connectivity index (χ0v) is 17.0. The molecular weight excluding hydrogens is 395 g/mol. The van der Waals surface area contributed by atoms with Crippen LogP contribution in [0.3, 0.4) is 0 Å². The van der Waals surface area contributed by atoms with Crippen LogP contribution in [0, 0.1) is 5.92 Å². The van der Waals surface area contributed by atoms with Crippen molar-refractivity contribution in [2.75, 3.05) is 0 Å². The minimum atomic E-state index is -4.98. The average Bonchev–Trinajstić information content (AvgIpc) is 3.26. The molecule has 4 fully saturated rings. The molecule has 0 bridgehead atoms. The lowest BCUT2D eigenvalue weighted by molar-refractivity contribution is -0.243. The van der Waals surface area contributed by atoms with Gasteiger partial charge < -0.3 is 29.0 Å². The molecule has 166 valence electrons. The van der Waals surface area contributed by atoms with Crippen molar-refractivity contribution in [2.24, 2.45) is 5.92 Å². The highest BCUT2D eigenvalue weighted by Crippen LogP contribution is 2.46. The molecule has 0 spiro atoms. The first-order valence-corrected chi connectivity index (χ1v) is 10.1. The fourth-order valence-corrected chi connectivity index (χ4v) is 4.95. The third-order valence-electron chi connectivity index (χ3n) is 6.01. The molecule has 1 amide bonds. The number of halogens is 3. The Morgan fingerprint density at radius 2 is 1.48 bits per heavy atom. The number of ether oxygens (including phenoxy) is 5. The van der Waals surface area contributed by atoms with Gasteiger partial charge in [-0.05, 0) is 46.5 Å². The van der Waals surface area contributed by atoms with Gasteiger partial charge in [0, 0.05) is 0 Å². The number of alkyl halides is 3. The van der Waals surface area contributed by atoms with E-state index in [4.69, 9.17) is 23.7 Å². The Labute approximate surface area is 167 Å². The minimum Gasteiger partial charge on any atom is -0.343 e. The van der Waals surface area contributed by atoms with Crippen LogP contribution in [0.25, 0.3) is 0 Å². The number of nitrogens with one attached hydrogen (secondary N) is 1. The van der Waals surface area contributed by atoms with Gasteiger partial charge in [0.2, 0.25) is 0 Å². The van der Waals surface area contributed by atoms with Crippen molar-refractivity contribution in [2.45, 2.75) is 108 Å². The number of hydrogen-bond acceptors (Lipinski definition) is 6. The van der Waals surface area contributed by atoms with Gasteiger partial charge >= 0.3 is 12.1 Å². The lowest BCUT2D eigenvalue weighted by Crippen LogP contribution is -2.64. The topological polar surface area (TPSA) is 75.2 Å². The van der Waals surface area contributed by atoms with E-state index in [2.05, 4.69) is 5.32 Å². The Balaban J connectivity index is 1.64. The van der Waals surface area contributed by atoms with Crippen LogP contribution in [-0.2, 0) is 28.5 Å². The van der Waals surface area contributed by atoms with Gasteiger partial charge in [-0.25, -0.2) is 0 Å². The number of carbonyl (C=O) groups is 1. The van der Waals surface area contributed by atoms with Gasteiger partial charge in [0.1, 0.15) is 24.4 Å². The molecule has 0 unspecified atom stereocenters. The molecule has 7 nitrogen and oxygen atoms in total. The molecule has 0 aromatic heterocycles. The van der Waals surface area contributed by atoms with E-state index in [1.165, 1.54) is 0 Å². The highest BCUT2D eigenvalue weighted by Gasteiger charge is 2.62. The maximum absolute atomic E-state index is 13.0. The Kier molecular flexibility index (Phi) is 5.18. The van der Waals surface area contributed by atoms with Gasteiger partial charge in [-0.2, -0.15) is 13.2 Å². The van der Waals surface area contributed by atoms with Crippen LogP contribution in [0.5, 0.6) is 0 Å². The van der Waals surface area contributed by atoms with E-state index < -0.39 is 60.4 Å². The van der Waals surface area contributed by atoms with Gasteiger partial charge in [-0.3, -0.25) is 4.79 Å². The van der Waals surface area contributed by atoms with Crippen LogP contribution >= 0.6 is 0 Å². The second-order valence-corrected chi connectivity index (χ2v) is 9.18. The smallest absolute Gasteiger partial charge is 0.343 e. The molecule has 4 rings (SSSR count). The lowest BCUT2D eigenvalue weighted by atomic mass is 9.86.